The van der Waals surface area contributed by atoms with Crippen molar-refractivity contribution >= 4 is 22.9 Å². The number of carbonyl (C=O) groups excluding carboxylic acids is 1. The highest BCUT2D eigenvalue weighted by Gasteiger charge is 2.15. The van der Waals surface area contributed by atoms with Crippen molar-refractivity contribution < 1.29 is 9.32 Å². The van der Waals surface area contributed by atoms with Crippen LogP contribution >= 0.6 is 0 Å². The van der Waals surface area contributed by atoms with Gasteiger partial charge < -0.3 is 14.4 Å². The van der Waals surface area contributed by atoms with Crippen molar-refractivity contribution in [1.29, 1.82) is 0 Å². The first-order chi connectivity index (χ1) is 11.4. The van der Waals surface area contributed by atoms with E-state index in [2.05, 4.69) is 15.5 Å². The lowest BCUT2D eigenvalue weighted by Crippen LogP contribution is -2.37. The summed E-state index contributed by atoms with van der Waals surface area (Å²) in [6.07, 6.45) is 2.99. The maximum absolute atomic E-state index is 12.3. The van der Waals surface area contributed by atoms with Gasteiger partial charge in [0.2, 0.25) is 5.91 Å². The molecule has 126 valence electrons. The standard InChI is InChI=1S/C14H16N6O4/c1-8-6-24-17-11(8)16-9(21)4-5-20-7-15-12-10(20)13(22)19(3)14(23)18(12)2/h6-7H,4-5H2,1-3H3,(H,16,17,21). The van der Waals surface area contributed by atoms with E-state index in [1.54, 1.807) is 18.5 Å². The Morgan fingerprint density at radius 3 is 2.71 bits per heavy atom. The molecule has 3 aromatic rings. The molecule has 0 atom stereocenters. The predicted octanol–water partition coefficient (Wildman–Crippen LogP) is -0.241. The molecule has 3 rings (SSSR count). The molecule has 0 unspecified atom stereocenters. The summed E-state index contributed by atoms with van der Waals surface area (Å²) >= 11 is 0. The third kappa shape index (κ3) is 2.51. The molecule has 0 bridgehead atoms. The van der Waals surface area contributed by atoms with Gasteiger partial charge in [0.25, 0.3) is 5.56 Å². The summed E-state index contributed by atoms with van der Waals surface area (Å²) in [6, 6.07) is 0. The molecular formula is C14H16N6O4. The minimum absolute atomic E-state index is 0.115. The number of aromatic nitrogens is 5. The summed E-state index contributed by atoms with van der Waals surface area (Å²) < 4.78 is 8.62. The summed E-state index contributed by atoms with van der Waals surface area (Å²) in [5, 5.41) is 6.31. The smallest absolute Gasteiger partial charge is 0.332 e. The number of anilines is 1. The number of hydrogen-bond donors (Lipinski definition) is 1. The van der Waals surface area contributed by atoms with Gasteiger partial charge in [-0.05, 0) is 6.92 Å². The highest BCUT2D eigenvalue weighted by atomic mass is 16.5. The zero-order valence-electron chi connectivity index (χ0n) is 13.4. The van der Waals surface area contributed by atoms with Crippen molar-refractivity contribution in [3.63, 3.8) is 0 Å². The van der Waals surface area contributed by atoms with Gasteiger partial charge in [0, 0.05) is 32.6 Å². The maximum Gasteiger partial charge on any atom is 0.332 e. The van der Waals surface area contributed by atoms with E-state index in [1.165, 1.54) is 24.2 Å². The van der Waals surface area contributed by atoms with Crippen LogP contribution in [0, 0.1) is 6.92 Å². The lowest BCUT2D eigenvalue weighted by Gasteiger charge is -2.06. The highest BCUT2D eigenvalue weighted by Crippen LogP contribution is 2.11. The molecule has 1 amide bonds. The van der Waals surface area contributed by atoms with Gasteiger partial charge in [-0.1, -0.05) is 5.16 Å². The van der Waals surface area contributed by atoms with Crippen molar-refractivity contribution in [2.45, 2.75) is 19.9 Å². The minimum atomic E-state index is -0.447. The van der Waals surface area contributed by atoms with Crippen molar-refractivity contribution in [2.75, 3.05) is 5.32 Å². The van der Waals surface area contributed by atoms with E-state index >= 15 is 0 Å². The first-order valence-corrected chi connectivity index (χ1v) is 7.22. The van der Waals surface area contributed by atoms with Crippen LogP contribution < -0.4 is 16.6 Å². The van der Waals surface area contributed by atoms with E-state index in [-0.39, 0.29) is 30.0 Å². The lowest BCUT2D eigenvalue weighted by molar-refractivity contribution is -0.116. The molecule has 3 heterocycles. The second-order valence-corrected chi connectivity index (χ2v) is 5.46. The molecule has 0 aliphatic heterocycles. The minimum Gasteiger partial charge on any atom is -0.362 e. The van der Waals surface area contributed by atoms with Gasteiger partial charge >= 0.3 is 5.69 Å². The van der Waals surface area contributed by atoms with Gasteiger partial charge in [-0.25, -0.2) is 9.78 Å². The Labute approximate surface area is 135 Å². The van der Waals surface area contributed by atoms with Crippen LogP contribution in [-0.2, 0) is 25.4 Å². The average molecular weight is 332 g/mol. The fourth-order valence-corrected chi connectivity index (χ4v) is 2.39. The Morgan fingerprint density at radius 1 is 1.29 bits per heavy atom. The van der Waals surface area contributed by atoms with Crippen LogP contribution in [0.4, 0.5) is 5.82 Å². The molecule has 0 saturated heterocycles. The average Bonchev–Trinajstić information content (AvgIpc) is 3.16. The number of amides is 1. The summed E-state index contributed by atoms with van der Waals surface area (Å²) in [4.78, 5) is 40.3. The number of imidazole rings is 1. The molecule has 3 aromatic heterocycles. The number of aryl methyl sites for hydroxylation is 3. The Bertz CT molecular complexity index is 1040. The number of nitrogens with one attached hydrogen (secondary N) is 1. The van der Waals surface area contributed by atoms with Crippen LogP contribution in [0.3, 0.4) is 0 Å². The number of carbonyl (C=O) groups is 1. The van der Waals surface area contributed by atoms with Crippen molar-refractivity contribution in [3.05, 3.63) is 39.0 Å². The molecular weight excluding hydrogens is 316 g/mol. The SMILES string of the molecule is Cc1conc1NC(=O)CCn1cnc2c1c(=O)n(C)c(=O)n2C. The van der Waals surface area contributed by atoms with Crippen LogP contribution in [0.15, 0.2) is 26.7 Å². The van der Waals surface area contributed by atoms with Crippen molar-refractivity contribution in [3.8, 4) is 0 Å². The van der Waals surface area contributed by atoms with Crippen LogP contribution in [-0.4, -0.2) is 29.7 Å². The third-order valence-electron chi connectivity index (χ3n) is 3.80. The van der Waals surface area contributed by atoms with Gasteiger partial charge in [0.15, 0.2) is 17.0 Å². The molecule has 24 heavy (non-hydrogen) atoms. The van der Waals surface area contributed by atoms with E-state index in [9.17, 15) is 14.4 Å². The van der Waals surface area contributed by atoms with Crippen molar-refractivity contribution in [1.82, 2.24) is 23.8 Å². The molecule has 0 saturated carbocycles. The van der Waals surface area contributed by atoms with E-state index in [0.29, 0.717) is 5.82 Å². The Morgan fingerprint density at radius 2 is 2.04 bits per heavy atom. The molecule has 1 N–H and O–H groups in total. The molecule has 0 aliphatic rings. The normalized spacial score (nSPS) is 11.1. The molecule has 0 aliphatic carbocycles. The number of rotatable bonds is 4. The van der Waals surface area contributed by atoms with Gasteiger partial charge in [-0.15, -0.1) is 0 Å². The highest BCUT2D eigenvalue weighted by molar-refractivity contribution is 5.90. The number of hydrogen-bond acceptors (Lipinski definition) is 6. The van der Waals surface area contributed by atoms with E-state index in [4.69, 9.17) is 4.52 Å². The topological polar surface area (TPSA) is 117 Å². The van der Waals surface area contributed by atoms with E-state index in [1.807, 2.05) is 0 Å². The van der Waals surface area contributed by atoms with Gasteiger partial charge in [-0.3, -0.25) is 18.7 Å². The lowest BCUT2D eigenvalue weighted by atomic mass is 10.3. The molecule has 0 aromatic carbocycles. The Balaban J connectivity index is 1.84. The second-order valence-electron chi connectivity index (χ2n) is 5.46. The summed E-state index contributed by atoms with van der Waals surface area (Å²) in [7, 11) is 2.95. The van der Waals surface area contributed by atoms with Crippen LogP contribution in [0.5, 0.6) is 0 Å². The first-order valence-electron chi connectivity index (χ1n) is 7.22. The molecule has 0 radical (unpaired) electrons. The summed E-state index contributed by atoms with van der Waals surface area (Å²) in [5.74, 6) is 0.101. The number of fused-ring (bicyclic) bond motifs is 1. The van der Waals surface area contributed by atoms with Gasteiger partial charge in [0.05, 0.1) is 6.33 Å². The fraction of sp³-hybridized carbons (Fsp3) is 0.357. The fourth-order valence-electron chi connectivity index (χ4n) is 2.39. The Hall–Kier alpha value is -3.17. The monoisotopic (exact) mass is 332 g/mol. The molecule has 10 heteroatoms. The van der Waals surface area contributed by atoms with E-state index in [0.717, 1.165) is 10.1 Å². The first kappa shape index (κ1) is 15.7. The maximum atomic E-state index is 12.3. The molecule has 0 spiro atoms. The van der Waals surface area contributed by atoms with Gasteiger partial charge in [-0.2, -0.15) is 0 Å². The zero-order valence-corrected chi connectivity index (χ0v) is 13.4. The van der Waals surface area contributed by atoms with Crippen LogP contribution in [0.2, 0.25) is 0 Å². The largest absolute Gasteiger partial charge is 0.362 e. The number of nitrogens with zero attached hydrogens (tertiary/aromatic N) is 5. The van der Waals surface area contributed by atoms with Crippen LogP contribution in [0.1, 0.15) is 12.0 Å². The van der Waals surface area contributed by atoms with Crippen molar-refractivity contribution in [2.24, 2.45) is 14.1 Å². The van der Waals surface area contributed by atoms with Gasteiger partial charge in [0.1, 0.15) is 6.26 Å². The summed E-state index contributed by atoms with van der Waals surface area (Å²) in [5.41, 5.74) is 0.400. The zero-order chi connectivity index (χ0) is 17.4. The quantitative estimate of drug-likeness (QED) is 0.704. The molecule has 10 nitrogen and oxygen atoms in total. The van der Waals surface area contributed by atoms with E-state index < -0.39 is 11.2 Å². The van der Waals surface area contributed by atoms with Crippen LogP contribution in [0.25, 0.3) is 11.2 Å². The molecule has 0 fully saturated rings. The third-order valence-corrected chi connectivity index (χ3v) is 3.80. The predicted molar refractivity (Wildman–Crippen MR) is 84.7 cm³/mol. The summed E-state index contributed by atoms with van der Waals surface area (Å²) in [6.45, 7) is 2.01. The Kier molecular flexibility index (Phi) is 3.80. The second kappa shape index (κ2) is 5.80.